The molecule has 0 aromatic heterocycles. The van der Waals surface area contributed by atoms with Crippen molar-refractivity contribution < 1.29 is 44.2 Å². The Morgan fingerprint density at radius 2 is 1.84 bits per heavy atom. The largest absolute Gasteiger partial charge is 0.454 e. The van der Waals surface area contributed by atoms with E-state index in [0.717, 1.165) is 25.3 Å². The fourth-order valence-electron chi connectivity index (χ4n) is 6.39. The summed E-state index contributed by atoms with van der Waals surface area (Å²) in [5, 5.41) is 42.2. The van der Waals surface area contributed by atoms with E-state index in [2.05, 4.69) is 0 Å². The van der Waals surface area contributed by atoms with Gasteiger partial charge in [0.15, 0.2) is 12.4 Å². The molecule has 1 saturated heterocycles. The number of rotatable bonds is 4. The minimum absolute atomic E-state index is 0.128. The van der Waals surface area contributed by atoms with Gasteiger partial charge in [-0.3, -0.25) is 9.59 Å². The quantitative estimate of drug-likeness (QED) is 0.346. The van der Waals surface area contributed by atoms with Gasteiger partial charge in [-0.25, -0.2) is 0 Å². The maximum atomic E-state index is 13.5. The van der Waals surface area contributed by atoms with Gasteiger partial charge in [0.2, 0.25) is 0 Å². The third-order valence-electron chi connectivity index (χ3n) is 8.09. The number of carbonyl (C=O) groups is 2. The molecule has 1 spiro atoms. The molecule has 8 unspecified atom stereocenters. The van der Waals surface area contributed by atoms with Gasteiger partial charge in [-0.05, 0) is 33.1 Å². The van der Waals surface area contributed by atoms with Gasteiger partial charge in [0.1, 0.15) is 29.7 Å². The first kappa shape index (κ1) is 23.8. The Morgan fingerprint density at radius 3 is 2.38 bits per heavy atom. The van der Waals surface area contributed by atoms with Gasteiger partial charge in [0, 0.05) is 17.8 Å². The molecule has 32 heavy (non-hydrogen) atoms. The van der Waals surface area contributed by atoms with E-state index in [1.54, 1.807) is 20.8 Å². The first-order chi connectivity index (χ1) is 14.7. The molecule has 8 atom stereocenters. The normalized spacial score (nSPS) is 46.5. The number of esters is 1. The predicted octanol–water partition coefficient (Wildman–Crippen LogP) is 0.219. The van der Waals surface area contributed by atoms with E-state index < -0.39 is 71.2 Å². The lowest BCUT2D eigenvalue weighted by Crippen LogP contribution is -2.64. The molecule has 0 amide bonds. The van der Waals surface area contributed by atoms with Crippen LogP contribution in [0.15, 0.2) is 11.6 Å². The Bertz CT molecular complexity index is 842. The molecule has 3 aliphatic carbocycles. The van der Waals surface area contributed by atoms with Crippen molar-refractivity contribution in [3.05, 3.63) is 11.6 Å². The van der Waals surface area contributed by atoms with E-state index >= 15 is 0 Å². The van der Waals surface area contributed by atoms with E-state index in [4.69, 9.17) is 14.2 Å². The van der Waals surface area contributed by atoms with Crippen LogP contribution in [0.3, 0.4) is 0 Å². The van der Waals surface area contributed by atoms with Crippen LogP contribution >= 0.6 is 0 Å². The highest BCUT2D eigenvalue weighted by atomic mass is 16.7. The van der Waals surface area contributed by atoms with Gasteiger partial charge in [-0.2, -0.15) is 0 Å². The summed E-state index contributed by atoms with van der Waals surface area (Å²) in [5.74, 6) is -1.73. The lowest BCUT2D eigenvalue weighted by atomic mass is 9.61. The molecule has 0 aromatic carbocycles. The van der Waals surface area contributed by atoms with Crippen molar-refractivity contribution in [1.82, 2.24) is 0 Å². The topological polar surface area (TPSA) is 143 Å². The Kier molecular flexibility index (Phi) is 5.44. The molecule has 0 bridgehead atoms. The van der Waals surface area contributed by atoms with Crippen molar-refractivity contribution in [1.29, 1.82) is 0 Å². The molecular weight excluding hydrogens is 420 g/mol. The maximum absolute atomic E-state index is 13.5. The fraction of sp³-hybridized carbons (Fsp3) is 0.826. The van der Waals surface area contributed by atoms with Crippen LogP contribution in [0.25, 0.3) is 0 Å². The molecule has 1 heterocycles. The molecule has 1 aliphatic heterocycles. The Hall–Kier alpha value is -1.36. The second-order valence-corrected chi connectivity index (χ2v) is 10.8. The van der Waals surface area contributed by atoms with Crippen LogP contribution in [0.2, 0.25) is 0 Å². The minimum Gasteiger partial charge on any atom is -0.454 e. The molecule has 180 valence electrons. The second-order valence-electron chi connectivity index (χ2n) is 10.8. The van der Waals surface area contributed by atoms with Crippen molar-refractivity contribution in [2.24, 2.45) is 16.7 Å². The van der Waals surface area contributed by atoms with Crippen molar-refractivity contribution in [3.63, 3.8) is 0 Å². The minimum atomic E-state index is -1.57. The highest BCUT2D eigenvalue weighted by Gasteiger charge is 2.74. The first-order valence-corrected chi connectivity index (χ1v) is 11.2. The number of fused-ring (bicyclic) bond motifs is 1. The number of aliphatic hydroxyl groups is 4. The summed E-state index contributed by atoms with van der Waals surface area (Å²) in [6.45, 7) is 7.76. The van der Waals surface area contributed by atoms with Crippen LogP contribution < -0.4 is 0 Å². The monoisotopic (exact) mass is 454 g/mol. The number of hydrogen-bond donors (Lipinski definition) is 4. The van der Waals surface area contributed by atoms with Crippen LogP contribution in [-0.2, 0) is 23.8 Å². The standard InChI is InChI=1S/C23H34O9/c1-11-8-23(10-20(3,4)18(28)17(23)21(5,29)22(11)6-7-22)32-19-16(30-12(2)25)15(27)14(26)13(9-24)31-19/h8,13-17,19,24,26-27,29H,6-7,9-10H2,1-5H3. The lowest BCUT2D eigenvalue weighted by molar-refractivity contribution is -0.331. The number of ketones is 1. The van der Waals surface area contributed by atoms with Gasteiger partial charge < -0.3 is 34.6 Å². The number of carbonyl (C=O) groups excluding carboxylic acids is 2. The van der Waals surface area contributed by atoms with E-state index in [0.29, 0.717) is 0 Å². The Labute approximate surface area is 187 Å². The number of aliphatic hydroxyl groups excluding tert-OH is 3. The number of ether oxygens (including phenoxy) is 3. The summed E-state index contributed by atoms with van der Waals surface area (Å²) in [4.78, 5) is 25.2. The van der Waals surface area contributed by atoms with E-state index in [1.165, 1.54) is 0 Å². The first-order valence-electron chi connectivity index (χ1n) is 11.2. The number of Topliss-reactive ketones (excluding diaryl/α,β-unsaturated/α-hetero) is 1. The summed E-state index contributed by atoms with van der Waals surface area (Å²) >= 11 is 0. The zero-order valence-corrected chi connectivity index (χ0v) is 19.2. The third kappa shape index (κ3) is 3.20. The smallest absolute Gasteiger partial charge is 0.303 e. The Morgan fingerprint density at radius 1 is 1.22 bits per heavy atom. The lowest BCUT2D eigenvalue weighted by Gasteiger charge is -2.52. The van der Waals surface area contributed by atoms with Crippen molar-refractivity contribution >= 4 is 11.8 Å². The average Bonchev–Trinajstić information content (AvgIpc) is 3.45. The van der Waals surface area contributed by atoms with E-state index in [1.807, 2.05) is 13.0 Å². The summed E-state index contributed by atoms with van der Waals surface area (Å²) in [5.41, 5.74) is -2.99. The Balaban J connectivity index is 1.78. The van der Waals surface area contributed by atoms with Crippen LogP contribution in [-0.4, -0.2) is 80.7 Å². The van der Waals surface area contributed by atoms with Crippen LogP contribution in [0.5, 0.6) is 0 Å². The van der Waals surface area contributed by atoms with Crippen LogP contribution in [0.1, 0.15) is 53.9 Å². The average molecular weight is 455 g/mol. The zero-order chi connectivity index (χ0) is 23.9. The molecule has 4 aliphatic rings. The molecule has 2 saturated carbocycles. The molecule has 4 N–H and O–H groups in total. The van der Waals surface area contributed by atoms with Gasteiger partial charge in [0.05, 0.1) is 18.1 Å². The summed E-state index contributed by atoms with van der Waals surface area (Å²) in [7, 11) is 0. The van der Waals surface area contributed by atoms with E-state index in [-0.39, 0.29) is 12.2 Å². The van der Waals surface area contributed by atoms with Crippen molar-refractivity contribution in [3.8, 4) is 0 Å². The molecule has 0 aromatic rings. The molecule has 3 fully saturated rings. The summed E-state index contributed by atoms with van der Waals surface area (Å²) < 4.78 is 17.4. The van der Waals surface area contributed by atoms with Gasteiger partial charge in [0.25, 0.3) is 0 Å². The SMILES string of the molecule is CC(=O)OC1C(OC23C=C(C)C4(CC4)C(C)(O)C2C(=O)C(C)(C)C3)OC(CO)C(O)C1O. The van der Waals surface area contributed by atoms with Crippen LogP contribution in [0.4, 0.5) is 0 Å². The van der Waals surface area contributed by atoms with Gasteiger partial charge >= 0.3 is 5.97 Å². The molecule has 4 rings (SSSR count). The van der Waals surface area contributed by atoms with Crippen molar-refractivity contribution in [2.45, 2.75) is 95.8 Å². The van der Waals surface area contributed by atoms with Crippen LogP contribution in [0, 0.1) is 16.7 Å². The zero-order valence-electron chi connectivity index (χ0n) is 19.2. The number of hydrogen-bond acceptors (Lipinski definition) is 9. The van der Waals surface area contributed by atoms with Gasteiger partial charge in [-0.15, -0.1) is 0 Å². The van der Waals surface area contributed by atoms with Gasteiger partial charge in [-0.1, -0.05) is 25.5 Å². The molecule has 9 nitrogen and oxygen atoms in total. The second kappa shape index (κ2) is 7.32. The van der Waals surface area contributed by atoms with Crippen molar-refractivity contribution in [2.75, 3.05) is 6.61 Å². The summed E-state index contributed by atoms with van der Waals surface area (Å²) in [6, 6.07) is 0. The van der Waals surface area contributed by atoms with E-state index in [9.17, 15) is 30.0 Å². The molecular formula is C23H34O9. The predicted molar refractivity (Wildman–Crippen MR) is 110 cm³/mol. The maximum Gasteiger partial charge on any atom is 0.303 e. The molecule has 0 radical (unpaired) electrons. The fourth-order valence-corrected chi connectivity index (χ4v) is 6.39. The third-order valence-corrected chi connectivity index (χ3v) is 8.09. The molecule has 9 heteroatoms. The summed E-state index contributed by atoms with van der Waals surface area (Å²) in [6.07, 6.45) is -3.31. The highest BCUT2D eigenvalue weighted by molar-refractivity contribution is 5.92. The highest BCUT2D eigenvalue weighted by Crippen LogP contribution is 2.69.